The van der Waals surface area contributed by atoms with Crippen molar-refractivity contribution >= 4 is 17.5 Å². The van der Waals surface area contributed by atoms with Crippen molar-refractivity contribution in [3.8, 4) is 12.1 Å². The largest absolute Gasteiger partial charge is 0.351 e. The fourth-order valence-electron chi connectivity index (χ4n) is 4.87. The molecule has 0 spiro atoms. The molecule has 2 aromatic carbocycles. The molecule has 2 aliphatic heterocycles. The Labute approximate surface area is 179 Å². The number of ketones is 1. The molecule has 3 aromatic rings. The number of fused-ring (bicyclic) bond motifs is 3. The minimum atomic E-state index is -1.47. The molecule has 31 heavy (non-hydrogen) atoms. The van der Waals surface area contributed by atoms with E-state index >= 15 is 0 Å². The number of carbonyl (C=O) groups excluding carboxylic acids is 1. The number of Topliss-reactive ketones (excluding diaryl/α,β-unsaturated/α-hetero) is 1. The van der Waals surface area contributed by atoms with Gasteiger partial charge in [-0.3, -0.25) is 4.79 Å². The predicted molar refractivity (Wildman–Crippen MR) is 115 cm³/mol. The number of hydrogen-bond donors (Lipinski definition) is 0. The summed E-state index contributed by atoms with van der Waals surface area (Å²) in [4.78, 5) is 15.8. The first-order chi connectivity index (χ1) is 15.2. The number of nitriles is 2. The maximum atomic E-state index is 13.9. The highest BCUT2D eigenvalue weighted by Gasteiger charge is 2.63. The van der Waals surface area contributed by atoms with Crippen LogP contribution in [0.15, 0.2) is 79.1 Å². The van der Waals surface area contributed by atoms with Crippen LogP contribution in [0.4, 0.5) is 5.69 Å². The fraction of sp³-hybridized carbons (Fsp3) is 0.160. The summed E-state index contributed by atoms with van der Waals surface area (Å²) >= 11 is 0. The van der Waals surface area contributed by atoms with Crippen LogP contribution in [0.25, 0.3) is 6.08 Å². The van der Waals surface area contributed by atoms with Crippen molar-refractivity contribution in [3.05, 3.63) is 95.8 Å². The highest BCUT2D eigenvalue weighted by molar-refractivity contribution is 6.04. The Kier molecular flexibility index (Phi) is 4.34. The lowest BCUT2D eigenvalue weighted by molar-refractivity contribution is 0.0951. The molecule has 0 bridgehead atoms. The number of hydrogen-bond acceptors (Lipinski definition) is 6. The van der Waals surface area contributed by atoms with Gasteiger partial charge in [-0.25, -0.2) is 0 Å². The molecule has 3 heterocycles. The smallest absolute Gasteiger partial charge is 0.185 e. The molecule has 1 saturated heterocycles. The Hall–Kier alpha value is -4.29. The third-order valence-electron chi connectivity index (χ3n) is 6.21. The highest BCUT2D eigenvalue weighted by Crippen LogP contribution is 2.55. The minimum Gasteiger partial charge on any atom is -0.351 e. The second-order valence-electron chi connectivity index (χ2n) is 7.69. The van der Waals surface area contributed by atoms with Gasteiger partial charge < -0.3 is 4.90 Å². The molecule has 0 radical (unpaired) electrons. The quantitative estimate of drug-likeness (QED) is 0.618. The first kappa shape index (κ1) is 18.7. The normalized spacial score (nSPS) is 22.6. The predicted octanol–water partition coefficient (Wildman–Crippen LogP) is 3.76. The van der Waals surface area contributed by atoms with Crippen molar-refractivity contribution in [1.29, 1.82) is 10.5 Å². The molecule has 0 unspecified atom stereocenters. The van der Waals surface area contributed by atoms with E-state index in [9.17, 15) is 15.3 Å². The first-order valence-electron chi connectivity index (χ1n) is 9.95. The molecule has 0 aliphatic carbocycles. The van der Waals surface area contributed by atoms with Gasteiger partial charge in [0.05, 0.1) is 24.4 Å². The summed E-state index contributed by atoms with van der Waals surface area (Å²) in [6.07, 6.45) is 6.87. The third kappa shape index (κ3) is 2.66. The zero-order valence-corrected chi connectivity index (χ0v) is 16.5. The Morgan fingerprint density at radius 2 is 1.71 bits per heavy atom. The molecule has 1 fully saturated rings. The molecule has 6 nitrogen and oxygen atoms in total. The topological polar surface area (TPSA) is 93.7 Å². The first-order valence-corrected chi connectivity index (χ1v) is 9.95. The van der Waals surface area contributed by atoms with Crippen LogP contribution in [-0.4, -0.2) is 28.1 Å². The van der Waals surface area contributed by atoms with Gasteiger partial charge in [-0.05, 0) is 23.3 Å². The van der Waals surface area contributed by atoms with E-state index in [2.05, 4.69) is 22.3 Å². The van der Waals surface area contributed by atoms with E-state index in [0.29, 0.717) is 11.1 Å². The molecular weight excluding hydrogens is 386 g/mol. The zero-order valence-electron chi connectivity index (χ0n) is 16.5. The average Bonchev–Trinajstić information content (AvgIpc) is 3.15. The van der Waals surface area contributed by atoms with Gasteiger partial charge in [0.25, 0.3) is 0 Å². The standard InChI is InChI=1S/C25H17N5O/c26-15-25(16-27)21-11-10-17-6-4-5-9-20(17)30(21)23(22(25)19-12-13-28-29-14-19)24(31)18-7-2-1-3-8-18/h1-14,21-23H/t21-,22+,23+/m1/s1. The average molecular weight is 403 g/mol. The van der Waals surface area contributed by atoms with E-state index in [4.69, 9.17) is 0 Å². The van der Waals surface area contributed by atoms with Gasteiger partial charge in [0.2, 0.25) is 0 Å². The SMILES string of the molecule is N#CC1(C#N)[C@@H](c2ccnnc2)[C@@H](C(=O)c2ccccc2)N2c3ccccc3C=C[C@@H]21. The molecule has 6 heteroatoms. The van der Waals surface area contributed by atoms with E-state index in [1.165, 1.54) is 6.20 Å². The molecular formula is C25H17N5O. The van der Waals surface area contributed by atoms with Crippen molar-refractivity contribution in [2.24, 2.45) is 5.41 Å². The van der Waals surface area contributed by atoms with Crippen LogP contribution in [0.1, 0.15) is 27.4 Å². The number of para-hydroxylation sites is 1. The van der Waals surface area contributed by atoms with Gasteiger partial charge in [-0.1, -0.05) is 60.7 Å². The lowest BCUT2D eigenvalue weighted by Gasteiger charge is -2.35. The molecule has 0 N–H and O–H groups in total. The Morgan fingerprint density at radius 3 is 2.42 bits per heavy atom. The van der Waals surface area contributed by atoms with Gasteiger partial charge in [-0.2, -0.15) is 20.7 Å². The number of nitrogens with zero attached hydrogens (tertiary/aromatic N) is 5. The van der Waals surface area contributed by atoms with Crippen LogP contribution in [0.3, 0.4) is 0 Å². The van der Waals surface area contributed by atoms with Gasteiger partial charge in [0, 0.05) is 23.4 Å². The van der Waals surface area contributed by atoms with Gasteiger partial charge >= 0.3 is 0 Å². The van der Waals surface area contributed by atoms with Gasteiger partial charge in [-0.15, -0.1) is 0 Å². The van der Waals surface area contributed by atoms with Crippen LogP contribution >= 0.6 is 0 Å². The van der Waals surface area contributed by atoms with Crippen molar-refractivity contribution < 1.29 is 4.79 Å². The second-order valence-corrected chi connectivity index (χ2v) is 7.69. The Bertz CT molecular complexity index is 1240. The number of anilines is 1. The van der Waals surface area contributed by atoms with E-state index < -0.39 is 23.4 Å². The molecule has 2 aliphatic rings. The minimum absolute atomic E-state index is 0.134. The lowest BCUT2D eigenvalue weighted by Crippen LogP contribution is -2.44. The van der Waals surface area contributed by atoms with Crippen LogP contribution in [0.2, 0.25) is 0 Å². The maximum absolute atomic E-state index is 13.9. The Morgan fingerprint density at radius 1 is 0.968 bits per heavy atom. The molecule has 148 valence electrons. The van der Waals surface area contributed by atoms with Crippen LogP contribution in [0, 0.1) is 28.1 Å². The molecule has 0 saturated carbocycles. The summed E-state index contributed by atoms with van der Waals surface area (Å²) in [6.45, 7) is 0. The van der Waals surface area contributed by atoms with E-state index in [1.807, 2.05) is 59.5 Å². The summed E-state index contributed by atoms with van der Waals surface area (Å²) in [5.74, 6) is -0.837. The zero-order chi connectivity index (χ0) is 21.4. The van der Waals surface area contributed by atoms with Crippen LogP contribution < -0.4 is 4.90 Å². The second kappa shape index (κ2) is 7.19. The van der Waals surface area contributed by atoms with E-state index in [-0.39, 0.29) is 5.78 Å². The molecule has 3 atom stereocenters. The Balaban J connectivity index is 1.79. The van der Waals surface area contributed by atoms with Crippen molar-refractivity contribution in [1.82, 2.24) is 10.2 Å². The van der Waals surface area contributed by atoms with E-state index in [1.54, 1.807) is 24.4 Å². The monoisotopic (exact) mass is 403 g/mol. The number of benzene rings is 2. The molecule has 1 aromatic heterocycles. The number of carbonyl (C=O) groups is 1. The summed E-state index contributed by atoms with van der Waals surface area (Å²) in [5, 5.41) is 28.5. The van der Waals surface area contributed by atoms with Crippen molar-refractivity contribution in [2.45, 2.75) is 18.0 Å². The summed E-state index contributed by atoms with van der Waals surface area (Å²) in [6, 6.07) is 21.7. The van der Waals surface area contributed by atoms with Gasteiger partial charge in [0.1, 0.15) is 6.04 Å². The van der Waals surface area contributed by atoms with Crippen molar-refractivity contribution in [2.75, 3.05) is 4.90 Å². The number of aromatic nitrogens is 2. The van der Waals surface area contributed by atoms with Crippen LogP contribution in [-0.2, 0) is 0 Å². The maximum Gasteiger partial charge on any atom is 0.185 e. The third-order valence-corrected chi connectivity index (χ3v) is 6.21. The fourth-order valence-corrected chi connectivity index (χ4v) is 4.87. The molecule has 5 rings (SSSR count). The summed E-state index contributed by atoms with van der Waals surface area (Å²) < 4.78 is 0. The summed E-state index contributed by atoms with van der Waals surface area (Å²) in [5.41, 5.74) is 1.50. The summed E-state index contributed by atoms with van der Waals surface area (Å²) in [7, 11) is 0. The highest BCUT2D eigenvalue weighted by atomic mass is 16.1. The van der Waals surface area contributed by atoms with Crippen molar-refractivity contribution in [3.63, 3.8) is 0 Å². The lowest BCUT2D eigenvalue weighted by atomic mass is 9.69. The van der Waals surface area contributed by atoms with Gasteiger partial charge in [0.15, 0.2) is 11.2 Å². The number of rotatable bonds is 3. The van der Waals surface area contributed by atoms with Crippen LogP contribution in [0.5, 0.6) is 0 Å². The van der Waals surface area contributed by atoms with E-state index in [0.717, 1.165) is 11.3 Å². The molecule has 0 amide bonds.